The number of nitrogens with zero attached hydrogens (tertiary/aromatic N) is 3. The molecule has 0 N–H and O–H groups in total. The second-order valence-electron chi connectivity index (χ2n) is 7.96. The molecule has 0 saturated carbocycles. The molecule has 0 spiro atoms. The van der Waals surface area contributed by atoms with Gasteiger partial charge in [0.2, 0.25) is 0 Å². The lowest BCUT2D eigenvalue weighted by Gasteiger charge is -2.31. The van der Waals surface area contributed by atoms with Gasteiger partial charge in [-0.25, -0.2) is 4.39 Å². The molecule has 1 heterocycles. The van der Waals surface area contributed by atoms with Gasteiger partial charge in [-0.05, 0) is 74.3 Å². The summed E-state index contributed by atoms with van der Waals surface area (Å²) in [6.07, 6.45) is -9.74. The normalized spacial score (nSPS) is 12.3. The maximum atomic E-state index is 14.6. The summed E-state index contributed by atoms with van der Waals surface area (Å²) in [6, 6.07) is 9.60. The van der Waals surface area contributed by atoms with Gasteiger partial charge in [0.15, 0.2) is 0 Å². The number of hydrogen-bond acceptors (Lipinski definition) is 3. The Morgan fingerprint density at radius 2 is 1.29 bits per heavy atom. The fraction of sp³-hybridized carbons (Fsp3) is 0.208. The van der Waals surface area contributed by atoms with E-state index in [1.54, 1.807) is 18.2 Å². The number of benzene rings is 2. The van der Waals surface area contributed by atoms with E-state index in [4.69, 9.17) is 0 Å². The Kier molecular flexibility index (Phi) is 8.27. The molecule has 0 aliphatic carbocycles. The molecule has 0 atom stereocenters. The van der Waals surface area contributed by atoms with Gasteiger partial charge in [-0.1, -0.05) is 6.07 Å². The molecule has 0 radical (unpaired) electrons. The fourth-order valence-corrected chi connectivity index (χ4v) is 5.23. The van der Waals surface area contributed by atoms with Crippen LogP contribution in [0.5, 0.6) is 0 Å². The van der Waals surface area contributed by atoms with E-state index in [0.29, 0.717) is 23.4 Å². The summed E-state index contributed by atoms with van der Waals surface area (Å²) >= 11 is 5.73. The summed E-state index contributed by atoms with van der Waals surface area (Å²) in [7, 11) is 2.69. The van der Waals surface area contributed by atoms with Crippen LogP contribution < -0.4 is 9.80 Å². The second-order valence-corrected chi connectivity index (χ2v) is 9.67. The van der Waals surface area contributed by atoms with Crippen molar-refractivity contribution in [2.75, 3.05) is 23.9 Å². The zero-order chi connectivity index (χ0) is 28.6. The van der Waals surface area contributed by atoms with Gasteiger partial charge in [-0.2, -0.15) is 26.3 Å². The Balaban J connectivity index is 1.97. The lowest BCUT2D eigenvalue weighted by atomic mass is 9.94. The molecule has 5 nitrogen and oxygen atoms in total. The quantitative estimate of drug-likeness (QED) is 0.265. The zero-order valence-corrected chi connectivity index (χ0v) is 22.5. The molecular formula is C24H16Br2F7N3O2. The maximum absolute atomic E-state index is 14.6. The number of amides is 2. The highest BCUT2D eigenvalue weighted by atomic mass is 79.9. The SMILES string of the molecule is CN(C(=O)c1cccnc1)c1cccc(C(=O)N(C)c2c(Br)cc(C(F)(C(F)(F)F)C(F)(F)F)cc2Br)c1. The molecule has 38 heavy (non-hydrogen) atoms. The molecule has 0 bridgehead atoms. The van der Waals surface area contributed by atoms with Crippen molar-refractivity contribution >= 4 is 55.0 Å². The smallest absolute Gasteiger partial charge is 0.311 e. The maximum Gasteiger partial charge on any atom is 0.435 e. The highest BCUT2D eigenvalue weighted by Gasteiger charge is 2.73. The highest BCUT2D eigenvalue weighted by molar-refractivity contribution is 9.11. The van der Waals surface area contributed by atoms with E-state index in [1.807, 2.05) is 0 Å². The Labute approximate surface area is 228 Å². The van der Waals surface area contributed by atoms with E-state index in [2.05, 4.69) is 36.8 Å². The molecular weight excluding hydrogens is 655 g/mol. The van der Waals surface area contributed by atoms with E-state index in [0.717, 1.165) is 4.90 Å². The first-order valence-electron chi connectivity index (χ1n) is 10.4. The number of carbonyl (C=O) groups is 2. The Hall–Kier alpha value is -3.00. The molecule has 202 valence electrons. The van der Waals surface area contributed by atoms with Crippen molar-refractivity contribution in [1.29, 1.82) is 0 Å². The van der Waals surface area contributed by atoms with E-state index in [-0.39, 0.29) is 11.3 Å². The first-order chi connectivity index (χ1) is 17.5. The van der Waals surface area contributed by atoms with Gasteiger partial charge < -0.3 is 9.80 Å². The van der Waals surface area contributed by atoms with E-state index >= 15 is 0 Å². The molecule has 2 amide bonds. The van der Waals surface area contributed by atoms with Crippen LogP contribution in [0.4, 0.5) is 42.1 Å². The van der Waals surface area contributed by atoms with Crippen LogP contribution in [0.25, 0.3) is 0 Å². The average molecular weight is 671 g/mol. The monoisotopic (exact) mass is 669 g/mol. The number of carbonyl (C=O) groups excluding carboxylic acids is 2. The number of rotatable bonds is 5. The molecule has 3 aromatic rings. The Morgan fingerprint density at radius 1 is 0.763 bits per heavy atom. The van der Waals surface area contributed by atoms with Crippen LogP contribution in [0, 0.1) is 0 Å². The van der Waals surface area contributed by atoms with Gasteiger partial charge in [-0.15, -0.1) is 0 Å². The third kappa shape index (κ3) is 5.41. The molecule has 0 aliphatic heterocycles. The van der Waals surface area contributed by atoms with Crippen LogP contribution in [0.1, 0.15) is 26.3 Å². The topological polar surface area (TPSA) is 53.5 Å². The van der Waals surface area contributed by atoms with E-state index < -0.39 is 44.3 Å². The van der Waals surface area contributed by atoms with Crippen LogP contribution in [0.2, 0.25) is 0 Å². The van der Waals surface area contributed by atoms with Crippen LogP contribution in [-0.2, 0) is 5.67 Å². The molecule has 1 aromatic heterocycles. The third-order valence-corrected chi connectivity index (χ3v) is 6.74. The molecule has 0 saturated heterocycles. The van der Waals surface area contributed by atoms with Gasteiger partial charge in [0, 0.05) is 52.2 Å². The minimum absolute atomic E-state index is 0.0455. The molecule has 2 aromatic carbocycles. The first-order valence-corrected chi connectivity index (χ1v) is 12.0. The number of anilines is 2. The van der Waals surface area contributed by atoms with Gasteiger partial charge in [0.25, 0.3) is 11.8 Å². The van der Waals surface area contributed by atoms with Crippen molar-refractivity contribution in [1.82, 2.24) is 4.98 Å². The summed E-state index contributed by atoms with van der Waals surface area (Å²) < 4.78 is 93.0. The van der Waals surface area contributed by atoms with Crippen LogP contribution in [0.15, 0.2) is 69.9 Å². The standard InChI is InChI=1S/C24H16Br2F7N3O2/c1-35(21(38)14-6-4-8-34-12-14)16-7-3-5-13(9-16)20(37)36(2)19-17(25)10-15(11-18(19)26)22(27,23(28,29)30)24(31,32)33/h3-12H,1-2H3. The molecule has 0 unspecified atom stereocenters. The Bertz CT molecular complexity index is 1330. The second kappa shape index (κ2) is 10.6. The molecule has 0 aliphatic rings. The average Bonchev–Trinajstić information content (AvgIpc) is 2.85. The lowest BCUT2D eigenvalue weighted by Crippen LogP contribution is -2.50. The van der Waals surface area contributed by atoms with Crippen molar-refractivity contribution in [3.05, 3.63) is 86.6 Å². The number of alkyl halides is 7. The predicted molar refractivity (Wildman–Crippen MR) is 133 cm³/mol. The zero-order valence-electron chi connectivity index (χ0n) is 19.3. The minimum Gasteiger partial charge on any atom is -0.311 e. The molecule has 0 fully saturated rings. The fourth-order valence-electron chi connectivity index (χ4n) is 3.52. The van der Waals surface area contributed by atoms with Gasteiger partial charge in [0.1, 0.15) is 0 Å². The van der Waals surface area contributed by atoms with Crippen molar-refractivity contribution in [2.24, 2.45) is 0 Å². The van der Waals surface area contributed by atoms with Crippen molar-refractivity contribution in [3.63, 3.8) is 0 Å². The summed E-state index contributed by atoms with van der Waals surface area (Å²) in [5.41, 5.74) is -6.87. The third-order valence-electron chi connectivity index (χ3n) is 5.53. The lowest BCUT2D eigenvalue weighted by molar-refractivity contribution is -0.348. The van der Waals surface area contributed by atoms with Crippen LogP contribution in [-0.4, -0.2) is 43.2 Å². The van der Waals surface area contributed by atoms with E-state index in [9.17, 15) is 40.3 Å². The number of aromatic nitrogens is 1. The number of halogens is 9. The van der Waals surface area contributed by atoms with Gasteiger partial charge >= 0.3 is 18.0 Å². The summed E-state index contributed by atoms with van der Waals surface area (Å²) in [5.74, 6) is -1.14. The first kappa shape index (κ1) is 29.6. The summed E-state index contributed by atoms with van der Waals surface area (Å²) in [5, 5.41) is 0. The molecule has 3 rings (SSSR count). The van der Waals surface area contributed by atoms with Gasteiger partial charge in [0.05, 0.1) is 11.3 Å². The number of hydrogen-bond donors (Lipinski definition) is 0. The summed E-state index contributed by atoms with van der Waals surface area (Å²) in [4.78, 5) is 32.0. The van der Waals surface area contributed by atoms with Crippen molar-refractivity contribution in [2.45, 2.75) is 18.0 Å². The highest BCUT2D eigenvalue weighted by Crippen LogP contribution is 2.54. The van der Waals surface area contributed by atoms with Crippen molar-refractivity contribution in [3.8, 4) is 0 Å². The summed E-state index contributed by atoms with van der Waals surface area (Å²) in [6.45, 7) is 0. The van der Waals surface area contributed by atoms with Crippen molar-refractivity contribution < 1.29 is 40.3 Å². The molecule has 14 heteroatoms. The van der Waals surface area contributed by atoms with Crippen LogP contribution in [0.3, 0.4) is 0 Å². The van der Waals surface area contributed by atoms with E-state index in [1.165, 1.54) is 49.6 Å². The van der Waals surface area contributed by atoms with Crippen LogP contribution >= 0.6 is 31.9 Å². The Morgan fingerprint density at radius 3 is 1.79 bits per heavy atom. The number of pyridine rings is 1. The van der Waals surface area contributed by atoms with Gasteiger partial charge in [-0.3, -0.25) is 14.6 Å². The predicted octanol–water partition coefficient (Wildman–Crippen LogP) is 7.45. The minimum atomic E-state index is -6.30. The largest absolute Gasteiger partial charge is 0.435 e.